The second-order valence-corrected chi connectivity index (χ2v) is 4.51. The Morgan fingerprint density at radius 3 is 2.77 bits per heavy atom. The first-order valence-electron chi connectivity index (χ1n) is 6.58. The number of nitrogens with zero attached hydrogens (tertiary/aromatic N) is 3. The Morgan fingerprint density at radius 2 is 2.05 bits per heavy atom. The van der Waals surface area contributed by atoms with Crippen molar-refractivity contribution in [3.63, 3.8) is 0 Å². The summed E-state index contributed by atoms with van der Waals surface area (Å²) in [6.07, 6.45) is 4.86. The van der Waals surface area contributed by atoms with E-state index in [-0.39, 0.29) is 17.5 Å². The number of rotatable bonds is 4. The van der Waals surface area contributed by atoms with Gasteiger partial charge >= 0.3 is 0 Å². The number of pyridine rings is 1. The average Bonchev–Trinajstić information content (AvgIpc) is 3.07. The third-order valence-corrected chi connectivity index (χ3v) is 2.95. The summed E-state index contributed by atoms with van der Waals surface area (Å²) in [5.74, 6) is 0.207. The highest BCUT2D eigenvalue weighted by atomic mass is 16.3. The Morgan fingerprint density at radius 1 is 1.23 bits per heavy atom. The zero-order chi connectivity index (χ0) is 15.4. The Hall–Kier alpha value is -3.22. The van der Waals surface area contributed by atoms with Gasteiger partial charge in [-0.1, -0.05) is 0 Å². The monoisotopic (exact) mass is 295 g/mol. The number of amides is 1. The molecule has 7 nitrogen and oxygen atoms in total. The van der Waals surface area contributed by atoms with Crippen LogP contribution in [0, 0.1) is 0 Å². The molecule has 0 atom stereocenters. The summed E-state index contributed by atoms with van der Waals surface area (Å²) in [5.41, 5.74) is 7.25. The van der Waals surface area contributed by atoms with E-state index in [1.165, 1.54) is 12.3 Å². The molecule has 0 aliphatic rings. The van der Waals surface area contributed by atoms with Gasteiger partial charge in [-0.25, -0.2) is 9.97 Å². The van der Waals surface area contributed by atoms with Crippen LogP contribution >= 0.6 is 0 Å². The topological polar surface area (TPSA) is 107 Å². The molecule has 1 amide bonds. The number of nitrogens with two attached hydrogens (primary N) is 1. The van der Waals surface area contributed by atoms with E-state index in [0.29, 0.717) is 18.0 Å². The number of aromatic nitrogens is 3. The predicted octanol–water partition coefficient (Wildman–Crippen LogP) is 1.64. The van der Waals surface area contributed by atoms with Gasteiger partial charge in [0, 0.05) is 18.9 Å². The Labute approximate surface area is 126 Å². The SMILES string of the molecule is Nc1nc(C(=O)NCc2ccncc2)cc(-c2ccco2)n1. The van der Waals surface area contributed by atoms with Gasteiger partial charge in [0.25, 0.3) is 5.91 Å². The number of hydrogen-bond acceptors (Lipinski definition) is 6. The number of hydrogen-bond donors (Lipinski definition) is 2. The lowest BCUT2D eigenvalue weighted by Gasteiger charge is -2.06. The fourth-order valence-electron chi connectivity index (χ4n) is 1.91. The number of anilines is 1. The number of furan rings is 1. The van der Waals surface area contributed by atoms with Crippen molar-refractivity contribution in [2.45, 2.75) is 6.54 Å². The highest BCUT2D eigenvalue weighted by Crippen LogP contribution is 2.18. The van der Waals surface area contributed by atoms with E-state index in [2.05, 4.69) is 20.3 Å². The normalized spacial score (nSPS) is 10.4. The van der Waals surface area contributed by atoms with Crippen LogP contribution in [0.4, 0.5) is 5.95 Å². The molecule has 3 N–H and O–H groups in total. The fourth-order valence-corrected chi connectivity index (χ4v) is 1.91. The number of nitrogen functional groups attached to an aromatic ring is 1. The van der Waals surface area contributed by atoms with Gasteiger partial charge < -0.3 is 15.5 Å². The maximum atomic E-state index is 12.2. The van der Waals surface area contributed by atoms with Crippen molar-refractivity contribution in [2.24, 2.45) is 0 Å². The van der Waals surface area contributed by atoms with Crippen molar-refractivity contribution in [3.05, 3.63) is 60.2 Å². The van der Waals surface area contributed by atoms with E-state index in [9.17, 15) is 4.79 Å². The molecule has 3 rings (SSSR count). The third-order valence-electron chi connectivity index (χ3n) is 2.95. The average molecular weight is 295 g/mol. The fraction of sp³-hybridized carbons (Fsp3) is 0.0667. The lowest BCUT2D eigenvalue weighted by atomic mass is 10.2. The summed E-state index contributed by atoms with van der Waals surface area (Å²) in [7, 11) is 0. The Balaban J connectivity index is 1.78. The molecule has 0 radical (unpaired) electrons. The summed E-state index contributed by atoms with van der Waals surface area (Å²) in [5, 5.41) is 2.77. The Bertz CT molecular complexity index is 772. The maximum absolute atomic E-state index is 12.2. The molecule has 0 aliphatic heterocycles. The molecule has 0 saturated carbocycles. The standard InChI is InChI=1S/C15H13N5O2/c16-15-19-11(13-2-1-7-22-13)8-12(20-15)14(21)18-9-10-3-5-17-6-4-10/h1-8H,9H2,(H,18,21)(H2,16,19,20). The first-order chi connectivity index (χ1) is 10.7. The molecular weight excluding hydrogens is 282 g/mol. The highest BCUT2D eigenvalue weighted by Gasteiger charge is 2.13. The predicted molar refractivity (Wildman–Crippen MR) is 79.6 cm³/mol. The summed E-state index contributed by atoms with van der Waals surface area (Å²) in [6, 6.07) is 8.65. The molecule has 0 saturated heterocycles. The van der Waals surface area contributed by atoms with Crippen LogP contribution < -0.4 is 11.1 Å². The summed E-state index contributed by atoms with van der Waals surface area (Å²) >= 11 is 0. The number of nitrogens with one attached hydrogen (secondary N) is 1. The van der Waals surface area contributed by atoms with Crippen LogP contribution in [0.2, 0.25) is 0 Å². The molecule has 0 aliphatic carbocycles. The van der Waals surface area contributed by atoms with Crippen LogP contribution in [-0.2, 0) is 6.54 Å². The Kier molecular flexibility index (Phi) is 3.78. The van der Waals surface area contributed by atoms with E-state index in [1.807, 2.05) is 12.1 Å². The van der Waals surface area contributed by atoms with Gasteiger partial charge in [-0.3, -0.25) is 9.78 Å². The second-order valence-electron chi connectivity index (χ2n) is 4.51. The molecule has 0 bridgehead atoms. The third kappa shape index (κ3) is 3.09. The first-order valence-corrected chi connectivity index (χ1v) is 6.58. The van der Waals surface area contributed by atoms with Crippen LogP contribution in [0.1, 0.15) is 16.1 Å². The number of carbonyl (C=O) groups is 1. The van der Waals surface area contributed by atoms with Crippen LogP contribution in [0.3, 0.4) is 0 Å². The maximum Gasteiger partial charge on any atom is 0.270 e. The van der Waals surface area contributed by atoms with Crippen LogP contribution in [0.15, 0.2) is 53.4 Å². The van der Waals surface area contributed by atoms with Crippen LogP contribution in [0.25, 0.3) is 11.5 Å². The molecular formula is C15H13N5O2. The van der Waals surface area contributed by atoms with Gasteiger partial charge in [-0.05, 0) is 35.9 Å². The molecule has 7 heteroatoms. The van der Waals surface area contributed by atoms with E-state index in [4.69, 9.17) is 10.2 Å². The lowest BCUT2D eigenvalue weighted by molar-refractivity contribution is 0.0946. The van der Waals surface area contributed by atoms with Gasteiger partial charge in [-0.15, -0.1) is 0 Å². The van der Waals surface area contributed by atoms with Crippen molar-refractivity contribution >= 4 is 11.9 Å². The van der Waals surface area contributed by atoms with Gasteiger partial charge in [-0.2, -0.15) is 0 Å². The van der Waals surface area contributed by atoms with Crippen molar-refractivity contribution in [1.29, 1.82) is 0 Å². The van der Waals surface area contributed by atoms with Gasteiger partial charge in [0.15, 0.2) is 5.76 Å². The molecule has 110 valence electrons. The summed E-state index contributed by atoms with van der Waals surface area (Å²) in [4.78, 5) is 24.1. The van der Waals surface area contributed by atoms with Gasteiger partial charge in [0.05, 0.1) is 6.26 Å². The minimum atomic E-state index is -0.335. The zero-order valence-electron chi connectivity index (χ0n) is 11.6. The summed E-state index contributed by atoms with van der Waals surface area (Å²) in [6.45, 7) is 0.376. The molecule has 0 aromatic carbocycles. The second kappa shape index (κ2) is 6.04. The quantitative estimate of drug-likeness (QED) is 0.757. The molecule has 0 spiro atoms. The minimum Gasteiger partial charge on any atom is -0.463 e. The van der Waals surface area contributed by atoms with Crippen molar-refractivity contribution in [3.8, 4) is 11.5 Å². The zero-order valence-corrected chi connectivity index (χ0v) is 11.6. The number of carbonyl (C=O) groups excluding carboxylic acids is 1. The van der Waals surface area contributed by atoms with Crippen molar-refractivity contribution in [1.82, 2.24) is 20.3 Å². The highest BCUT2D eigenvalue weighted by molar-refractivity contribution is 5.93. The largest absolute Gasteiger partial charge is 0.463 e. The van der Waals surface area contributed by atoms with Gasteiger partial charge in [0.1, 0.15) is 11.4 Å². The minimum absolute atomic E-state index is 0.0166. The van der Waals surface area contributed by atoms with Gasteiger partial charge in [0.2, 0.25) is 5.95 Å². The van der Waals surface area contributed by atoms with E-state index in [1.54, 1.807) is 24.5 Å². The molecule has 0 fully saturated rings. The van der Waals surface area contributed by atoms with E-state index >= 15 is 0 Å². The lowest BCUT2D eigenvalue weighted by Crippen LogP contribution is -2.24. The molecule has 0 unspecified atom stereocenters. The molecule has 3 aromatic rings. The van der Waals surface area contributed by atoms with Crippen LogP contribution in [-0.4, -0.2) is 20.9 Å². The molecule has 3 heterocycles. The molecule has 22 heavy (non-hydrogen) atoms. The van der Waals surface area contributed by atoms with E-state index < -0.39 is 0 Å². The smallest absolute Gasteiger partial charge is 0.270 e. The first kappa shape index (κ1) is 13.7. The molecule has 3 aromatic heterocycles. The van der Waals surface area contributed by atoms with Crippen molar-refractivity contribution < 1.29 is 9.21 Å². The van der Waals surface area contributed by atoms with Crippen LogP contribution in [0.5, 0.6) is 0 Å². The van der Waals surface area contributed by atoms with Crippen molar-refractivity contribution in [2.75, 3.05) is 5.73 Å². The summed E-state index contributed by atoms with van der Waals surface area (Å²) < 4.78 is 5.25. The van der Waals surface area contributed by atoms with E-state index in [0.717, 1.165) is 5.56 Å².